The largest absolute Gasteiger partial charge is 0.479 e. The Bertz CT molecular complexity index is 914. The minimum atomic E-state index is -1.52. The normalized spacial score (nSPS) is 17.7. The van der Waals surface area contributed by atoms with Gasteiger partial charge >= 0.3 is 5.97 Å². The summed E-state index contributed by atoms with van der Waals surface area (Å²) in [7, 11) is 0. The predicted molar refractivity (Wildman–Crippen MR) is 108 cm³/mol. The maximum Gasteiger partial charge on any atom is 0.334 e. The molecular formula is C22H24N2O5. The van der Waals surface area contributed by atoms with Crippen LogP contribution in [0.1, 0.15) is 32.3 Å². The molecule has 0 saturated carbocycles. The minimum Gasteiger partial charge on any atom is -0.479 e. The Labute approximate surface area is 169 Å². The predicted octanol–water partition coefficient (Wildman–Crippen LogP) is 2.70. The fraction of sp³-hybridized carbons (Fsp3) is 0.318. The van der Waals surface area contributed by atoms with Crippen LogP contribution in [0.2, 0.25) is 0 Å². The third kappa shape index (κ3) is 3.94. The quantitative estimate of drug-likeness (QED) is 0.750. The molecule has 0 radical (unpaired) electrons. The van der Waals surface area contributed by atoms with Crippen LogP contribution in [0.5, 0.6) is 5.75 Å². The van der Waals surface area contributed by atoms with Gasteiger partial charge in [-0.05, 0) is 31.0 Å². The first-order valence-electron chi connectivity index (χ1n) is 9.56. The summed E-state index contributed by atoms with van der Waals surface area (Å²) in [5.74, 6) is -1.22. The van der Waals surface area contributed by atoms with Gasteiger partial charge in [-0.25, -0.2) is 4.79 Å². The number of hydrogen-bond acceptors (Lipinski definition) is 4. The highest BCUT2D eigenvalue weighted by Gasteiger charge is 2.40. The van der Waals surface area contributed by atoms with E-state index in [-0.39, 0.29) is 25.3 Å². The van der Waals surface area contributed by atoms with E-state index in [0.717, 1.165) is 0 Å². The van der Waals surface area contributed by atoms with Gasteiger partial charge in [0.2, 0.25) is 5.91 Å². The van der Waals surface area contributed by atoms with E-state index in [9.17, 15) is 19.5 Å². The third-order valence-corrected chi connectivity index (χ3v) is 5.15. The molecule has 29 heavy (non-hydrogen) atoms. The molecule has 2 aromatic carbocycles. The fourth-order valence-corrected chi connectivity index (χ4v) is 3.52. The van der Waals surface area contributed by atoms with Gasteiger partial charge in [0.05, 0.1) is 5.69 Å². The van der Waals surface area contributed by atoms with Crippen LogP contribution in [0.4, 0.5) is 5.69 Å². The van der Waals surface area contributed by atoms with E-state index in [4.69, 9.17) is 4.74 Å². The summed E-state index contributed by atoms with van der Waals surface area (Å²) in [6, 6.07) is 15.8. The Kier molecular flexibility index (Phi) is 5.87. The van der Waals surface area contributed by atoms with Crippen LogP contribution in [-0.2, 0) is 19.9 Å². The summed E-state index contributed by atoms with van der Waals surface area (Å²) in [5.41, 5.74) is -0.408. The summed E-state index contributed by atoms with van der Waals surface area (Å²) < 4.78 is 5.60. The first-order chi connectivity index (χ1) is 13.9. The van der Waals surface area contributed by atoms with Gasteiger partial charge in [-0.2, -0.15) is 0 Å². The van der Waals surface area contributed by atoms with Crippen LogP contribution >= 0.6 is 0 Å². The molecule has 1 aliphatic rings. The average Bonchev–Trinajstić information content (AvgIpc) is 2.72. The van der Waals surface area contributed by atoms with Crippen LogP contribution in [0, 0.1) is 0 Å². The van der Waals surface area contributed by atoms with Crippen molar-refractivity contribution in [3.63, 3.8) is 0 Å². The van der Waals surface area contributed by atoms with Crippen LogP contribution in [-0.4, -0.2) is 35.5 Å². The summed E-state index contributed by atoms with van der Waals surface area (Å²) in [4.78, 5) is 38.8. The van der Waals surface area contributed by atoms with Gasteiger partial charge in [-0.15, -0.1) is 0 Å². The number of carbonyl (C=O) groups excluding carboxylic acids is 2. The standard InChI is InChI=1S/C22H24N2O5/c1-3-22(21(27)28,16-9-5-4-6-10-16)23-19(25)13-14-24-17-11-7-8-12-18(17)29-15(2)20(24)26/h4-12,15H,3,13-14H2,1-2H3,(H,23,25)(H,27,28). The number of nitrogens with zero attached hydrogens (tertiary/aromatic N) is 1. The lowest BCUT2D eigenvalue weighted by Crippen LogP contribution is -2.52. The number of carboxylic acid groups (broad SMARTS) is 1. The molecule has 2 unspecified atom stereocenters. The van der Waals surface area contributed by atoms with E-state index in [0.29, 0.717) is 17.0 Å². The van der Waals surface area contributed by atoms with Crippen molar-refractivity contribution in [2.24, 2.45) is 0 Å². The second-order valence-corrected chi connectivity index (χ2v) is 6.95. The average molecular weight is 396 g/mol. The fourth-order valence-electron chi connectivity index (χ4n) is 3.52. The second-order valence-electron chi connectivity index (χ2n) is 6.95. The lowest BCUT2D eigenvalue weighted by Gasteiger charge is -2.33. The molecule has 7 nitrogen and oxygen atoms in total. The molecule has 3 rings (SSSR count). The molecule has 2 atom stereocenters. The number of amides is 2. The van der Waals surface area contributed by atoms with Crippen molar-refractivity contribution < 1.29 is 24.2 Å². The van der Waals surface area contributed by atoms with Crippen LogP contribution in [0.3, 0.4) is 0 Å². The number of fused-ring (bicyclic) bond motifs is 1. The number of benzene rings is 2. The Balaban J connectivity index is 1.76. The summed E-state index contributed by atoms with van der Waals surface area (Å²) >= 11 is 0. The first kappa shape index (κ1) is 20.4. The number of nitrogens with one attached hydrogen (secondary N) is 1. The Morgan fingerprint density at radius 1 is 1.14 bits per heavy atom. The zero-order valence-electron chi connectivity index (χ0n) is 16.4. The van der Waals surface area contributed by atoms with E-state index in [1.165, 1.54) is 4.90 Å². The molecule has 0 spiro atoms. The smallest absolute Gasteiger partial charge is 0.334 e. The topological polar surface area (TPSA) is 95.9 Å². The Morgan fingerprint density at radius 2 is 1.79 bits per heavy atom. The van der Waals surface area contributed by atoms with Crippen LogP contribution in [0.25, 0.3) is 0 Å². The zero-order chi connectivity index (χ0) is 21.0. The number of hydrogen-bond donors (Lipinski definition) is 2. The summed E-state index contributed by atoms with van der Waals surface area (Å²) in [5, 5.41) is 12.5. The number of anilines is 1. The first-order valence-corrected chi connectivity index (χ1v) is 9.56. The maximum absolute atomic E-state index is 12.7. The van der Waals surface area contributed by atoms with Crippen molar-refractivity contribution >= 4 is 23.5 Å². The highest BCUT2D eigenvalue weighted by atomic mass is 16.5. The number of carbonyl (C=O) groups is 3. The molecule has 0 aromatic heterocycles. The van der Waals surface area contributed by atoms with Gasteiger partial charge in [0, 0.05) is 13.0 Å². The van der Waals surface area contributed by atoms with Crippen molar-refractivity contribution in [1.29, 1.82) is 0 Å². The second kappa shape index (κ2) is 8.34. The Morgan fingerprint density at radius 3 is 2.45 bits per heavy atom. The molecule has 1 aliphatic heterocycles. The number of carboxylic acids is 1. The molecule has 1 heterocycles. The Hall–Kier alpha value is -3.35. The van der Waals surface area contributed by atoms with E-state index in [1.54, 1.807) is 62.4 Å². The maximum atomic E-state index is 12.7. The highest BCUT2D eigenvalue weighted by Crippen LogP contribution is 2.33. The van der Waals surface area contributed by atoms with Crippen molar-refractivity contribution in [2.45, 2.75) is 38.3 Å². The third-order valence-electron chi connectivity index (χ3n) is 5.15. The molecular weight excluding hydrogens is 372 g/mol. The van der Waals surface area contributed by atoms with E-state index < -0.39 is 23.5 Å². The molecule has 2 aromatic rings. The highest BCUT2D eigenvalue weighted by molar-refractivity contribution is 6.00. The summed E-state index contributed by atoms with van der Waals surface area (Å²) in [6.45, 7) is 3.50. The van der Waals surface area contributed by atoms with Gasteiger partial charge in [0.25, 0.3) is 5.91 Å². The van der Waals surface area contributed by atoms with E-state index >= 15 is 0 Å². The lowest BCUT2D eigenvalue weighted by atomic mass is 9.87. The van der Waals surface area contributed by atoms with Crippen molar-refractivity contribution in [1.82, 2.24) is 5.32 Å². The molecule has 2 amide bonds. The lowest BCUT2D eigenvalue weighted by molar-refractivity contribution is -0.148. The van der Waals surface area contributed by atoms with E-state index in [2.05, 4.69) is 5.32 Å². The molecule has 0 aliphatic carbocycles. The van der Waals surface area contributed by atoms with E-state index in [1.807, 2.05) is 6.07 Å². The molecule has 2 N–H and O–H groups in total. The monoisotopic (exact) mass is 396 g/mol. The van der Waals surface area contributed by atoms with Gasteiger partial charge < -0.3 is 20.1 Å². The van der Waals surface area contributed by atoms with Gasteiger partial charge in [-0.3, -0.25) is 9.59 Å². The zero-order valence-corrected chi connectivity index (χ0v) is 16.4. The van der Waals surface area contributed by atoms with Gasteiger partial charge in [0.15, 0.2) is 11.6 Å². The minimum absolute atomic E-state index is 0.0331. The molecule has 0 saturated heterocycles. The van der Waals surface area contributed by atoms with Crippen LogP contribution < -0.4 is 15.0 Å². The molecule has 152 valence electrons. The molecule has 0 bridgehead atoms. The van der Waals surface area contributed by atoms with Crippen molar-refractivity contribution in [3.05, 3.63) is 60.2 Å². The number of aliphatic carboxylic acids is 1. The summed E-state index contributed by atoms with van der Waals surface area (Å²) in [6.07, 6.45) is -0.491. The van der Waals surface area contributed by atoms with Crippen molar-refractivity contribution in [2.75, 3.05) is 11.4 Å². The molecule has 0 fully saturated rings. The van der Waals surface area contributed by atoms with Crippen LogP contribution in [0.15, 0.2) is 54.6 Å². The SMILES string of the molecule is CCC(NC(=O)CCN1C(=O)C(C)Oc2ccccc21)(C(=O)O)c1ccccc1. The number of para-hydroxylation sites is 2. The van der Waals surface area contributed by atoms with Gasteiger partial charge in [-0.1, -0.05) is 49.4 Å². The number of ether oxygens (including phenoxy) is 1. The molecule has 7 heteroatoms. The van der Waals surface area contributed by atoms with Gasteiger partial charge in [0.1, 0.15) is 5.75 Å². The van der Waals surface area contributed by atoms with Crippen molar-refractivity contribution in [3.8, 4) is 5.75 Å². The number of rotatable bonds is 7.